The molecule has 2 bridgehead atoms. The van der Waals surface area contributed by atoms with Crippen molar-refractivity contribution in [1.82, 2.24) is 25.7 Å². The number of fused-ring (bicyclic) bond motifs is 2. The van der Waals surface area contributed by atoms with E-state index in [1.807, 2.05) is 31.3 Å². The van der Waals surface area contributed by atoms with E-state index in [0.29, 0.717) is 47.8 Å². The molecule has 2 saturated heterocycles. The molecule has 4 rings (SSSR count). The molecule has 0 radical (unpaired) electrons. The molecule has 156 valence electrons. The maximum Gasteiger partial charge on any atom is 0.228 e. The second-order valence-electron chi connectivity index (χ2n) is 7.99. The van der Waals surface area contributed by atoms with E-state index in [1.165, 1.54) is 32.1 Å². The molecule has 3 heterocycles. The Labute approximate surface area is 176 Å². The Kier molecular flexibility index (Phi) is 6.35. The van der Waals surface area contributed by atoms with Crippen molar-refractivity contribution in [1.29, 1.82) is 0 Å². The summed E-state index contributed by atoms with van der Waals surface area (Å²) in [6, 6.07) is 9.32. The number of guanidine groups is 1. The normalized spacial score (nSPS) is 25.1. The van der Waals surface area contributed by atoms with Crippen molar-refractivity contribution >= 4 is 17.6 Å². The topological polar surface area (TPSA) is 78.6 Å². The summed E-state index contributed by atoms with van der Waals surface area (Å²) in [6.07, 6.45) is 6.97. The molecule has 8 heteroatoms. The minimum Gasteiger partial charge on any atom is -0.356 e. The molecular formula is C21H29ClN6O. The number of rotatable bonds is 5. The zero-order valence-electron chi connectivity index (χ0n) is 17.1. The third-order valence-electron chi connectivity index (χ3n) is 6.09. The molecule has 2 unspecified atom stereocenters. The first kappa shape index (κ1) is 20.2. The summed E-state index contributed by atoms with van der Waals surface area (Å²) < 4.78 is 5.38. The van der Waals surface area contributed by atoms with Crippen molar-refractivity contribution in [3.05, 3.63) is 35.2 Å². The van der Waals surface area contributed by atoms with Crippen LogP contribution >= 0.6 is 11.6 Å². The third-order valence-corrected chi connectivity index (χ3v) is 6.32. The molecule has 2 fully saturated rings. The van der Waals surface area contributed by atoms with Gasteiger partial charge in [0.05, 0.1) is 0 Å². The lowest BCUT2D eigenvalue weighted by Gasteiger charge is -2.47. The Morgan fingerprint density at radius 2 is 2.10 bits per heavy atom. The maximum absolute atomic E-state index is 6.04. The average molecular weight is 417 g/mol. The van der Waals surface area contributed by atoms with E-state index in [9.17, 15) is 0 Å². The number of aromatic nitrogens is 2. The predicted octanol–water partition coefficient (Wildman–Crippen LogP) is 3.11. The molecule has 29 heavy (non-hydrogen) atoms. The van der Waals surface area contributed by atoms with Gasteiger partial charge in [-0.3, -0.25) is 4.99 Å². The molecule has 0 spiro atoms. The van der Waals surface area contributed by atoms with Crippen molar-refractivity contribution in [3.8, 4) is 11.4 Å². The van der Waals surface area contributed by atoms with Crippen molar-refractivity contribution in [3.63, 3.8) is 0 Å². The standard InChI is InChI=1S/C21H29ClN6O/c1-23-21(25-16-12-17-7-4-8-18(13-16)28(17)2)24-10-9-19-26-20(27-29-19)14-5-3-6-15(22)11-14/h3,5-6,11,16-18H,4,7-10,12-13H2,1-2H3,(H2,23,24,25). The lowest BCUT2D eigenvalue weighted by Crippen LogP contribution is -2.56. The van der Waals surface area contributed by atoms with Crippen LogP contribution in [0.3, 0.4) is 0 Å². The van der Waals surface area contributed by atoms with Crippen LogP contribution in [0.15, 0.2) is 33.8 Å². The molecule has 0 amide bonds. The van der Waals surface area contributed by atoms with Gasteiger partial charge < -0.3 is 20.1 Å². The van der Waals surface area contributed by atoms with E-state index in [1.54, 1.807) is 0 Å². The highest BCUT2D eigenvalue weighted by molar-refractivity contribution is 6.30. The molecular weight excluding hydrogens is 388 g/mol. The number of hydrogen-bond donors (Lipinski definition) is 2. The van der Waals surface area contributed by atoms with Crippen LogP contribution in [0, 0.1) is 0 Å². The summed E-state index contributed by atoms with van der Waals surface area (Å²) in [5.74, 6) is 1.99. The zero-order valence-corrected chi connectivity index (χ0v) is 17.8. The second kappa shape index (κ2) is 9.13. The first-order valence-corrected chi connectivity index (χ1v) is 10.8. The van der Waals surface area contributed by atoms with Gasteiger partial charge in [0, 0.05) is 48.7 Å². The van der Waals surface area contributed by atoms with Gasteiger partial charge in [-0.05, 0) is 44.9 Å². The molecule has 0 saturated carbocycles. The molecule has 1 aromatic carbocycles. The summed E-state index contributed by atoms with van der Waals surface area (Å²) in [4.78, 5) is 11.4. The van der Waals surface area contributed by atoms with Gasteiger partial charge in [0.1, 0.15) is 0 Å². The van der Waals surface area contributed by atoms with Crippen LogP contribution in [0.5, 0.6) is 0 Å². The van der Waals surface area contributed by atoms with Gasteiger partial charge in [-0.2, -0.15) is 4.98 Å². The van der Waals surface area contributed by atoms with Crippen LogP contribution in [0.4, 0.5) is 0 Å². The summed E-state index contributed by atoms with van der Waals surface area (Å²) in [6.45, 7) is 0.677. The van der Waals surface area contributed by atoms with Gasteiger partial charge in [-0.15, -0.1) is 0 Å². The van der Waals surface area contributed by atoms with Crippen LogP contribution in [0.1, 0.15) is 38.0 Å². The SMILES string of the molecule is CN=C(NCCc1nc(-c2cccc(Cl)c2)no1)NC1CC2CCCC(C1)N2C. The van der Waals surface area contributed by atoms with Gasteiger partial charge in [0.15, 0.2) is 5.96 Å². The maximum atomic E-state index is 6.04. The Balaban J connectivity index is 1.27. The van der Waals surface area contributed by atoms with Crippen LogP contribution in [0.25, 0.3) is 11.4 Å². The quantitative estimate of drug-likeness (QED) is 0.576. The number of nitrogens with zero attached hydrogens (tertiary/aromatic N) is 4. The minimum absolute atomic E-state index is 0.477. The third kappa shape index (κ3) is 4.90. The summed E-state index contributed by atoms with van der Waals surface area (Å²) in [5, 5.41) is 11.7. The number of halogens is 1. The van der Waals surface area contributed by atoms with E-state index in [0.717, 1.165) is 11.5 Å². The highest BCUT2D eigenvalue weighted by Crippen LogP contribution is 2.32. The smallest absolute Gasteiger partial charge is 0.228 e. The average Bonchev–Trinajstić information content (AvgIpc) is 3.17. The Morgan fingerprint density at radius 3 is 2.83 bits per heavy atom. The summed E-state index contributed by atoms with van der Waals surface area (Å²) >= 11 is 6.04. The largest absolute Gasteiger partial charge is 0.356 e. The second-order valence-corrected chi connectivity index (χ2v) is 8.42. The summed E-state index contributed by atoms with van der Waals surface area (Å²) in [7, 11) is 4.09. The first-order valence-electron chi connectivity index (χ1n) is 10.4. The van der Waals surface area contributed by atoms with Crippen LogP contribution in [-0.2, 0) is 6.42 Å². The lowest BCUT2D eigenvalue weighted by atomic mass is 9.82. The molecule has 7 nitrogen and oxygen atoms in total. The molecule has 2 aliphatic rings. The van der Waals surface area contributed by atoms with Crippen molar-refractivity contribution < 1.29 is 4.52 Å². The van der Waals surface area contributed by atoms with E-state index >= 15 is 0 Å². The van der Waals surface area contributed by atoms with Crippen molar-refractivity contribution in [2.75, 3.05) is 20.6 Å². The fourth-order valence-corrected chi connectivity index (χ4v) is 4.70. The van der Waals surface area contributed by atoms with Crippen molar-refractivity contribution in [2.45, 2.75) is 56.7 Å². The predicted molar refractivity (Wildman–Crippen MR) is 115 cm³/mol. The minimum atomic E-state index is 0.477. The van der Waals surface area contributed by atoms with Crippen molar-refractivity contribution in [2.24, 2.45) is 4.99 Å². The van der Waals surface area contributed by atoms with Gasteiger partial charge in [-0.1, -0.05) is 35.3 Å². The number of nitrogens with one attached hydrogen (secondary N) is 2. The number of benzene rings is 1. The Bertz CT molecular complexity index is 839. The fourth-order valence-electron chi connectivity index (χ4n) is 4.51. The van der Waals surface area contributed by atoms with Gasteiger partial charge in [0.2, 0.25) is 11.7 Å². The van der Waals surface area contributed by atoms with E-state index in [-0.39, 0.29) is 0 Å². The number of aliphatic imine (C=N–C) groups is 1. The summed E-state index contributed by atoms with van der Waals surface area (Å²) in [5.41, 5.74) is 0.853. The first-order chi connectivity index (χ1) is 14.1. The number of hydrogen-bond acceptors (Lipinski definition) is 5. The lowest BCUT2D eigenvalue weighted by molar-refractivity contribution is 0.0526. The number of piperidine rings is 2. The molecule has 2 aliphatic heterocycles. The van der Waals surface area contributed by atoms with Crippen LogP contribution in [-0.4, -0.2) is 59.8 Å². The van der Waals surface area contributed by atoms with Gasteiger partial charge in [-0.25, -0.2) is 0 Å². The van der Waals surface area contributed by atoms with E-state index < -0.39 is 0 Å². The van der Waals surface area contributed by atoms with Gasteiger partial charge >= 0.3 is 0 Å². The molecule has 1 aromatic heterocycles. The highest BCUT2D eigenvalue weighted by Gasteiger charge is 2.36. The Morgan fingerprint density at radius 1 is 1.31 bits per heavy atom. The monoisotopic (exact) mass is 416 g/mol. The van der Waals surface area contributed by atoms with Gasteiger partial charge in [0.25, 0.3) is 0 Å². The molecule has 2 aromatic rings. The highest BCUT2D eigenvalue weighted by atomic mass is 35.5. The van der Waals surface area contributed by atoms with Crippen LogP contribution < -0.4 is 10.6 Å². The molecule has 0 aliphatic carbocycles. The Hall–Kier alpha value is -2.12. The van der Waals surface area contributed by atoms with Crippen LogP contribution in [0.2, 0.25) is 5.02 Å². The fraction of sp³-hybridized carbons (Fsp3) is 0.571. The zero-order chi connectivity index (χ0) is 20.2. The molecule has 2 N–H and O–H groups in total. The molecule has 2 atom stereocenters. The van der Waals surface area contributed by atoms with E-state index in [2.05, 4.69) is 37.7 Å². The van der Waals surface area contributed by atoms with E-state index in [4.69, 9.17) is 16.1 Å².